The highest BCUT2D eigenvalue weighted by atomic mass is 32.1. The van der Waals surface area contributed by atoms with E-state index in [9.17, 15) is 14.9 Å². The van der Waals surface area contributed by atoms with E-state index in [0.717, 1.165) is 10.2 Å². The van der Waals surface area contributed by atoms with E-state index in [2.05, 4.69) is 15.8 Å². The minimum Gasteiger partial charge on any atom is -0.484 e. The first kappa shape index (κ1) is 15.7. The van der Waals surface area contributed by atoms with Crippen LogP contribution in [0.1, 0.15) is 0 Å². The van der Waals surface area contributed by atoms with Crippen LogP contribution in [0.5, 0.6) is 5.75 Å². The van der Waals surface area contributed by atoms with Crippen LogP contribution >= 0.6 is 11.3 Å². The molecule has 8 nitrogen and oxygen atoms in total. The second-order valence-corrected chi connectivity index (χ2v) is 5.73. The lowest BCUT2D eigenvalue weighted by atomic mass is 10.3. The number of non-ortho nitro benzene ring substituents is 1. The Balaban J connectivity index is 1.49. The Morgan fingerprint density at radius 1 is 1.21 bits per heavy atom. The third-order valence-electron chi connectivity index (χ3n) is 3.02. The van der Waals surface area contributed by atoms with Crippen molar-refractivity contribution >= 4 is 38.3 Å². The van der Waals surface area contributed by atoms with Gasteiger partial charge in [0.05, 0.1) is 15.1 Å². The number of nitro groups is 1. The predicted octanol–water partition coefficient (Wildman–Crippen LogP) is 2.73. The van der Waals surface area contributed by atoms with Gasteiger partial charge in [-0.15, -0.1) is 0 Å². The van der Waals surface area contributed by atoms with Gasteiger partial charge in [-0.2, -0.15) is 0 Å². The molecule has 0 aliphatic heterocycles. The van der Waals surface area contributed by atoms with Gasteiger partial charge in [0.2, 0.25) is 5.13 Å². The van der Waals surface area contributed by atoms with Crippen LogP contribution in [0.25, 0.3) is 10.2 Å². The van der Waals surface area contributed by atoms with E-state index in [1.165, 1.54) is 35.6 Å². The summed E-state index contributed by atoms with van der Waals surface area (Å²) in [5.41, 5.74) is 6.03. The van der Waals surface area contributed by atoms with Crippen molar-refractivity contribution in [2.75, 3.05) is 12.0 Å². The van der Waals surface area contributed by atoms with Crippen LogP contribution in [0.3, 0.4) is 0 Å². The number of aromatic nitrogens is 1. The van der Waals surface area contributed by atoms with Gasteiger partial charge in [0.25, 0.3) is 11.6 Å². The molecule has 1 amide bonds. The van der Waals surface area contributed by atoms with Gasteiger partial charge in [0.15, 0.2) is 6.61 Å². The number of hydrazine groups is 1. The number of rotatable bonds is 6. The molecule has 0 atom stereocenters. The summed E-state index contributed by atoms with van der Waals surface area (Å²) in [5.74, 6) is -0.0247. The van der Waals surface area contributed by atoms with Crippen LogP contribution in [-0.4, -0.2) is 22.4 Å². The zero-order chi connectivity index (χ0) is 16.9. The third kappa shape index (κ3) is 3.76. The van der Waals surface area contributed by atoms with E-state index in [-0.39, 0.29) is 12.3 Å². The number of thiazole rings is 1. The van der Waals surface area contributed by atoms with Crippen molar-refractivity contribution in [2.24, 2.45) is 0 Å². The minimum atomic E-state index is -0.502. The maximum absolute atomic E-state index is 11.8. The summed E-state index contributed by atoms with van der Waals surface area (Å²) >= 11 is 1.42. The molecule has 0 spiro atoms. The fourth-order valence-corrected chi connectivity index (χ4v) is 2.72. The van der Waals surface area contributed by atoms with Crippen molar-refractivity contribution in [3.05, 3.63) is 58.6 Å². The molecule has 1 heterocycles. The molecule has 0 aliphatic carbocycles. The molecule has 2 N–H and O–H groups in total. The standard InChI is InChI=1S/C15H12N4O4S/c20-14(9-23-11-7-5-10(6-8-11)19(21)22)17-18-15-16-12-3-1-2-4-13(12)24-15/h1-8H,9H2,(H,16,18)(H,17,20). The highest BCUT2D eigenvalue weighted by Gasteiger charge is 2.07. The van der Waals surface area contributed by atoms with Crippen molar-refractivity contribution in [3.8, 4) is 5.75 Å². The summed E-state index contributed by atoms with van der Waals surface area (Å²) in [6.07, 6.45) is 0. The summed E-state index contributed by atoms with van der Waals surface area (Å²) in [4.78, 5) is 26.1. The predicted molar refractivity (Wildman–Crippen MR) is 90.0 cm³/mol. The number of ether oxygens (including phenoxy) is 1. The molecule has 0 fully saturated rings. The average molecular weight is 344 g/mol. The summed E-state index contributed by atoms with van der Waals surface area (Å²) in [5, 5.41) is 11.1. The average Bonchev–Trinajstić information content (AvgIpc) is 3.01. The second-order valence-electron chi connectivity index (χ2n) is 4.70. The quantitative estimate of drug-likeness (QED) is 0.526. The zero-order valence-electron chi connectivity index (χ0n) is 12.3. The molecule has 24 heavy (non-hydrogen) atoms. The fourth-order valence-electron chi connectivity index (χ4n) is 1.90. The van der Waals surface area contributed by atoms with Crippen molar-refractivity contribution in [1.82, 2.24) is 10.4 Å². The van der Waals surface area contributed by atoms with Crippen LogP contribution in [0.4, 0.5) is 10.8 Å². The number of hydrogen-bond acceptors (Lipinski definition) is 7. The molecule has 122 valence electrons. The van der Waals surface area contributed by atoms with Crippen LogP contribution < -0.4 is 15.6 Å². The van der Waals surface area contributed by atoms with Gasteiger partial charge >= 0.3 is 0 Å². The number of benzene rings is 2. The molecule has 3 aromatic rings. The molecule has 0 unspecified atom stereocenters. The Morgan fingerprint density at radius 3 is 2.67 bits per heavy atom. The Morgan fingerprint density at radius 2 is 1.96 bits per heavy atom. The van der Waals surface area contributed by atoms with E-state index in [4.69, 9.17) is 4.74 Å². The van der Waals surface area contributed by atoms with Gasteiger partial charge in [-0.25, -0.2) is 4.98 Å². The first-order chi connectivity index (χ1) is 11.6. The van der Waals surface area contributed by atoms with Crippen LogP contribution in [0.15, 0.2) is 48.5 Å². The van der Waals surface area contributed by atoms with Crippen molar-refractivity contribution in [2.45, 2.75) is 0 Å². The number of nitro benzene ring substituents is 1. The highest BCUT2D eigenvalue weighted by molar-refractivity contribution is 7.22. The van der Waals surface area contributed by atoms with Gasteiger partial charge in [-0.1, -0.05) is 23.5 Å². The van der Waals surface area contributed by atoms with Crippen molar-refractivity contribution in [3.63, 3.8) is 0 Å². The lowest BCUT2D eigenvalue weighted by Crippen LogP contribution is -2.33. The monoisotopic (exact) mass is 344 g/mol. The number of para-hydroxylation sites is 1. The van der Waals surface area contributed by atoms with Crippen molar-refractivity contribution < 1.29 is 14.5 Å². The topological polar surface area (TPSA) is 106 Å². The largest absolute Gasteiger partial charge is 0.484 e. The van der Waals surface area contributed by atoms with Gasteiger partial charge in [0.1, 0.15) is 5.75 Å². The third-order valence-corrected chi connectivity index (χ3v) is 3.97. The van der Waals surface area contributed by atoms with Gasteiger partial charge in [-0.05, 0) is 24.3 Å². The summed E-state index contributed by atoms with van der Waals surface area (Å²) in [7, 11) is 0. The lowest BCUT2D eigenvalue weighted by molar-refractivity contribution is -0.384. The second kappa shape index (κ2) is 6.92. The molecule has 2 aromatic carbocycles. The van der Waals surface area contributed by atoms with E-state index in [0.29, 0.717) is 10.9 Å². The van der Waals surface area contributed by atoms with Gasteiger partial charge < -0.3 is 4.74 Å². The molecular formula is C15H12N4O4S. The Bertz CT molecular complexity index is 846. The molecule has 0 aliphatic rings. The summed E-state index contributed by atoms with van der Waals surface area (Å²) in [6, 6.07) is 13.1. The smallest absolute Gasteiger partial charge is 0.276 e. The fraction of sp³-hybridized carbons (Fsp3) is 0.0667. The van der Waals surface area contributed by atoms with Crippen LogP contribution in [-0.2, 0) is 4.79 Å². The van der Waals surface area contributed by atoms with Crippen molar-refractivity contribution in [1.29, 1.82) is 0 Å². The SMILES string of the molecule is O=C(COc1ccc([N+](=O)[O-])cc1)NNc1nc2ccccc2s1. The van der Waals surface area contributed by atoms with Crippen LogP contribution in [0.2, 0.25) is 0 Å². The minimum absolute atomic E-state index is 0.0377. The first-order valence-electron chi connectivity index (χ1n) is 6.89. The number of anilines is 1. The summed E-state index contributed by atoms with van der Waals surface area (Å²) in [6.45, 7) is -0.226. The number of fused-ring (bicyclic) bond motifs is 1. The van der Waals surface area contributed by atoms with Gasteiger partial charge in [0, 0.05) is 12.1 Å². The Labute approximate surface area is 140 Å². The molecular weight excluding hydrogens is 332 g/mol. The van der Waals surface area contributed by atoms with Crippen LogP contribution in [0, 0.1) is 10.1 Å². The Kier molecular flexibility index (Phi) is 4.52. The number of nitrogens with zero attached hydrogens (tertiary/aromatic N) is 2. The molecule has 0 saturated carbocycles. The van der Waals surface area contributed by atoms with E-state index in [1.54, 1.807) is 0 Å². The number of carbonyl (C=O) groups excluding carboxylic acids is 1. The zero-order valence-corrected chi connectivity index (χ0v) is 13.1. The number of carbonyl (C=O) groups is 1. The highest BCUT2D eigenvalue weighted by Crippen LogP contribution is 2.24. The molecule has 0 bridgehead atoms. The van der Waals surface area contributed by atoms with E-state index >= 15 is 0 Å². The number of hydrogen-bond donors (Lipinski definition) is 2. The molecule has 0 radical (unpaired) electrons. The van der Waals surface area contributed by atoms with E-state index in [1.807, 2.05) is 24.3 Å². The van der Waals surface area contributed by atoms with E-state index < -0.39 is 10.8 Å². The Hall–Kier alpha value is -3.20. The van der Waals surface area contributed by atoms with Gasteiger partial charge in [-0.3, -0.25) is 25.8 Å². The molecule has 9 heteroatoms. The maximum Gasteiger partial charge on any atom is 0.276 e. The number of nitrogens with one attached hydrogen (secondary N) is 2. The molecule has 3 rings (SSSR count). The molecule has 1 aromatic heterocycles. The number of amides is 1. The lowest BCUT2D eigenvalue weighted by Gasteiger charge is -2.07. The molecule has 0 saturated heterocycles. The normalized spacial score (nSPS) is 10.3. The first-order valence-corrected chi connectivity index (χ1v) is 7.71. The maximum atomic E-state index is 11.8. The summed E-state index contributed by atoms with van der Waals surface area (Å²) < 4.78 is 6.27.